The van der Waals surface area contributed by atoms with E-state index in [9.17, 15) is 0 Å². The summed E-state index contributed by atoms with van der Waals surface area (Å²) in [4.78, 5) is 0. The minimum atomic E-state index is -0.146. The van der Waals surface area contributed by atoms with E-state index in [4.69, 9.17) is 21.1 Å². The second-order valence-corrected chi connectivity index (χ2v) is 2.23. The zero-order valence-electron chi connectivity index (χ0n) is 7.55. The minimum Gasteiger partial charge on any atom is -0.508 e. The van der Waals surface area contributed by atoms with Gasteiger partial charge in [-0.05, 0) is 0 Å². The van der Waals surface area contributed by atoms with Gasteiger partial charge in [0, 0.05) is 24.7 Å². The predicted molar refractivity (Wildman–Crippen MR) is 57.9 cm³/mol. The summed E-state index contributed by atoms with van der Waals surface area (Å²) in [5, 5.41) is 26.0. The summed E-state index contributed by atoms with van der Waals surface area (Å²) in [5.74, 6) is -0.437. The number of aromatic hydroxyl groups is 3. The molecule has 1 rings (SSSR count). The lowest BCUT2D eigenvalue weighted by Gasteiger charge is -1.94. The molecule has 0 amide bonds. The summed E-state index contributed by atoms with van der Waals surface area (Å²) < 4.78 is 0. The molecular formula is C9H14ClNO3. The number of halogens is 1. The zero-order valence-corrected chi connectivity index (χ0v) is 8.37. The quantitative estimate of drug-likeness (QED) is 0.537. The third kappa shape index (κ3) is 7.27. The fourth-order valence-electron chi connectivity index (χ4n) is 0.580. The molecule has 5 N–H and O–H groups in total. The number of hydrogen-bond donors (Lipinski definition) is 4. The van der Waals surface area contributed by atoms with E-state index in [-0.39, 0.29) is 29.7 Å². The van der Waals surface area contributed by atoms with Crippen molar-refractivity contribution in [3.8, 4) is 17.2 Å². The first kappa shape index (κ1) is 15.1. The molecule has 0 aromatic heterocycles. The van der Waals surface area contributed by atoms with Crippen LogP contribution in [0.15, 0.2) is 30.9 Å². The van der Waals surface area contributed by atoms with Crippen molar-refractivity contribution < 1.29 is 15.3 Å². The fourth-order valence-corrected chi connectivity index (χ4v) is 0.580. The lowest BCUT2D eigenvalue weighted by molar-refractivity contribution is 0.428. The molecule has 80 valence electrons. The van der Waals surface area contributed by atoms with Crippen molar-refractivity contribution in [3.05, 3.63) is 30.9 Å². The van der Waals surface area contributed by atoms with Crippen molar-refractivity contribution in [3.63, 3.8) is 0 Å². The van der Waals surface area contributed by atoms with Crippen LogP contribution in [0.25, 0.3) is 0 Å². The molecular weight excluding hydrogens is 206 g/mol. The van der Waals surface area contributed by atoms with E-state index in [0.29, 0.717) is 6.54 Å². The lowest BCUT2D eigenvalue weighted by atomic mass is 10.3. The molecule has 5 heteroatoms. The molecule has 0 unspecified atom stereocenters. The standard InChI is InChI=1S/C6H6O3.C3H7N.ClH/c7-4-1-5(8)3-6(9)2-4;1-2-3-4;/h1-3,7-9H;2H,1,3-4H2;1H. The van der Waals surface area contributed by atoms with Crippen LogP contribution in [-0.4, -0.2) is 21.9 Å². The van der Waals surface area contributed by atoms with E-state index in [2.05, 4.69) is 6.58 Å². The van der Waals surface area contributed by atoms with Gasteiger partial charge in [-0.2, -0.15) is 0 Å². The largest absolute Gasteiger partial charge is 0.508 e. The SMILES string of the molecule is C=CCN.Cl.Oc1cc(O)cc(O)c1. The lowest BCUT2D eigenvalue weighted by Crippen LogP contribution is -1.90. The van der Waals surface area contributed by atoms with Gasteiger partial charge in [0.05, 0.1) is 0 Å². The topological polar surface area (TPSA) is 86.7 Å². The summed E-state index contributed by atoms with van der Waals surface area (Å²) in [6.07, 6.45) is 1.65. The van der Waals surface area contributed by atoms with Gasteiger partial charge in [-0.25, -0.2) is 0 Å². The Hall–Kier alpha value is -1.39. The van der Waals surface area contributed by atoms with Crippen molar-refractivity contribution in [2.24, 2.45) is 5.73 Å². The number of phenols is 3. The fraction of sp³-hybridized carbons (Fsp3) is 0.111. The molecule has 14 heavy (non-hydrogen) atoms. The van der Waals surface area contributed by atoms with Crippen LogP contribution in [0.3, 0.4) is 0 Å². The Labute approximate surface area is 88.7 Å². The minimum absolute atomic E-state index is 0. The molecule has 0 saturated carbocycles. The Kier molecular flexibility index (Phi) is 8.86. The maximum atomic E-state index is 8.67. The van der Waals surface area contributed by atoms with Gasteiger partial charge in [0.2, 0.25) is 0 Å². The monoisotopic (exact) mass is 219 g/mol. The van der Waals surface area contributed by atoms with Gasteiger partial charge in [0.15, 0.2) is 0 Å². The first-order chi connectivity index (χ1) is 6.10. The maximum Gasteiger partial charge on any atom is 0.122 e. The van der Waals surface area contributed by atoms with E-state index in [1.807, 2.05) is 0 Å². The Bertz CT molecular complexity index is 228. The van der Waals surface area contributed by atoms with Crippen LogP contribution in [0.1, 0.15) is 0 Å². The highest BCUT2D eigenvalue weighted by Crippen LogP contribution is 2.23. The van der Waals surface area contributed by atoms with E-state index in [0.717, 1.165) is 18.2 Å². The second kappa shape index (κ2) is 8.22. The van der Waals surface area contributed by atoms with Gasteiger partial charge in [-0.15, -0.1) is 19.0 Å². The van der Waals surface area contributed by atoms with Gasteiger partial charge in [-0.3, -0.25) is 0 Å². The Balaban J connectivity index is 0. The van der Waals surface area contributed by atoms with E-state index < -0.39 is 0 Å². The first-order valence-electron chi connectivity index (χ1n) is 3.63. The van der Waals surface area contributed by atoms with Crippen LogP contribution >= 0.6 is 12.4 Å². The smallest absolute Gasteiger partial charge is 0.122 e. The van der Waals surface area contributed by atoms with Crippen molar-refractivity contribution >= 4 is 12.4 Å². The molecule has 0 saturated heterocycles. The molecule has 0 spiro atoms. The summed E-state index contributed by atoms with van der Waals surface area (Å²) in [7, 11) is 0. The molecule has 0 heterocycles. The summed E-state index contributed by atoms with van der Waals surface area (Å²) >= 11 is 0. The highest BCUT2D eigenvalue weighted by molar-refractivity contribution is 5.85. The summed E-state index contributed by atoms with van der Waals surface area (Å²) in [6.45, 7) is 3.94. The number of hydrogen-bond acceptors (Lipinski definition) is 4. The van der Waals surface area contributed by atoms with E-state index in [1.165, 1.54) is 0 Å². The van der Waals surface area contributed by atoms with Crippen LogP contribution in [0.2, 0.25) is 0 Å². The van der Waals surface area contributed by atoms with Crippen LogP contribution in [-0.2, 0) is 0 Å². The summed E-state index contributed by atoms with van der Waals surface area (Å²) in [6, 6.07) is 3.42. The molecule has 4 nitrogen and oxygen atoms in total. The highest BCUT2D eigenvalue weighted by atomic mass is 35.5. The molecule has 0 radical (unpaired) electrons. The molecule has 0 aliphatic rings. The first-order valence-corrected chi connectivity index (χ1v) is 3.63. The molecule has 0 aliphatic carbocycles. The number of rotatable bonds is 1. The van der Waals surface area contributed by atoms with Crippen LogP contribution in [0.5, 0.6) is 17.2 Å². The Morgan fingerprint density at radius 2 is 1.29 bits per heavy atom. The average molecular weight is 220 g/mol. The van der Waals surface area contributed by atoms with Crippen LogP contribution in [0.4, 0.5) is 0 Å². The van der Waals surface area contributed by atoms with Crippen LogP contribution < -0.4 is 5.73 Å². The molecule has 0 aliphatic heterocycles. The molecule has 0 atom stereocenters. The van der Waals surface area contributed by atoms with Crippen molar-refractivity contribution in [1.82, 2.24) is 0 Å². The predicted octanol–water partition coefficient (Wildman–Crippen LogP) is 1.36. The van der Waals surface area contributed by atoms with Gasteiger partial charge in [0.25, 0.3) is 0 Å². The maximum absolute atomic E-state index is 8.67. The van der Waals surface area contributed by atoms with Gasteiger partial charge < -0.3 is 21.1 Å². The van der Waals surface area contributed by atoms with E-state index in [1.54, 1.807) is 6.08 Å². The molecule has 0 bridgehead atoms. The third-order valence-electron chi connectivity index (χ3n) is 1.05. The van der Waals surface area contributed by atoms with Gasteiger partial charge in [0.1, 0.15) is 17.2 Å². The third-order valence-corrected chi connectivity index (χ3v) is 1.05. The zero-order chi connectivity index (χ0) is 10.3. The van der Waals surface area contributed by atoms with Crippen molar-refractivity contribution in [1.29, 1.82) is 0 Å². The van der Waals surface area contributed by atoms with E-state index >= 15 is 0 Å². The Morgan fingerprint density at radius 1 is 1.07 bits per heavy atom. The average Bonchev–Trinajstić information content (AvgIpc) is 2.02. The summed E-state index contributed by atoms with van der Waals surface area (Å²) in [5.41, 5.74) is 4.91. The van der Waals surface area contributed by atoms with Crippen molar-refractivity contribution in [2.45, 2.75) is 0 Å². The van der Waals surface area contributed by atoms with Crippen LogP contribution in [0, 0.1) is 0 Å². The molecule has 1 aromatic carbocycles. The Morgan fingerprint density at radius 3 is 1.43 bits per heavy atom. The normalized spacial score (nSPS) is 7.79. The van der Waals surface area contributed by atoms with Gasteiger partial charge in [-0.1, -0.05) is 6.08 Å². The second-order valence-electron chi connectivity index (χ2n) is 2.23. The number of benzene rings is 1. The molecule has 1 aromatic rings. The highest BCUT2D eigenvalue weighted by Gasteiger charge is 1.94. The molecule has 0 fully saturated rings. The van der Waals surface area contributed by atoms with Gasteiger partial charge >= 0.3 is 0 Å². The number of nitrogens with two attached hydrogens (primary N) is 1. The van der Waals surface area contributed by atoms with Crippen molar-refractivity contribution in [2.75, 3.05) is 6.54 Å². The number of phenolic OH excluding ortho intramolecular Hbond substituents is 3.